The molecule has 0 N–H and O–H groups in total. The molecule has 1 aromatic carbocycles. The van der Waals surface area contributed by atoms with Crippen molar-refractivity contribution >= 4 is 29.0 Å². The molecule has 0 radical (unpaired) electrons. The van der Waals surface area contributed by atoms with E-state index in [1.807, 2.05) is 6.07 Å². The molecular weight excluding hydrogens is 283 g/mol. The molecule has 0 bridgehead atoms. The number of hydrogen-bond donors (Lipinski definition) is 0. The fourth-order valence-electron chi connectivity index (χ4n) is 2.47. The Morgan fingerprint density at radius 2 is 2.05 bits per heavy atom. The normalized spacial score (nSPS) is 18.5. The van der Waals surface area contributed by atoms with Crippen LogP contribution in [-0.2, 0) is 6.42 Å². The second kappa shape index (κ2) is 4.66. The lowest BCUT2D eigenvalue weighted by atomic mass is 9.88. The van der Waals surface area contributed by atoms with Gasteiger partial charge in [0.15, 0.2) is 5.78 Å². The van der Waals surface area contributed by atoms with Crippen LogP contribution in [0.5, 0.6) is 0 Å². The molecular formula is C14H12Cl2N2O. The van der Waals surface area contributed by atoms with E-state index in [2.05, 4.69) is 12.0 Å². The van der Waals surface area contributed by atoms with Crippen molar-refractivity contribution < 1.29 is 4.79 Å². The summed E-state index contributed by atoms with van der Waals surface area (Å²) in [5.41, 5.74) is 2.52. The maximum absolute atomic E-state index is 12.0. The first-order valence-electron chi connectivity index (χ1n) is 6.12. The van der Waals surface area contributed by atoms with E-state index in [0.717, 1.165) is 23.4 Å². The van der Waals surface area contributed by atoms with E-state index in [1.165, 1.54) is 0 Å². The van der Waals surface area contributed by atoms with Crippen LogP contribution in [0, 0.1) is 5.92 Å². The Balaban J connectivity index is 2.12. The molecule has 0 aliphatic heterocycles. The predicted molar refractivity (Wildman–Crippen MR) is 75.4 cm³/mol. The Labute approximate surface area is 121 Å². The molecule has 0 unspecified atom stereocenters. The standard InChI is InChI=1S/C14H12Cl2N2O/c1-8-4-13-10(14(19)5-8)7-17-18(13)9-2-3-11(15)12(16)6-9/h2-3,6-8H,4-5H2,1H3/t8-/m1/s1. The molecule has 1 heterocycles. The van der Waals surface area contributed by atoms with Crippen LogP contribution in [0.4, 0.5) is 0 Å². The number of hydrogen-bond acceptors (Lipinski definition) is 2. The van der Waals surface area contributed by atoms with Gasteiger partial charge in [-0.05, 0) is 30.5 Å². The van der Waals surface area contributed by atoms with Gasteiger partial charge in [0.2, 0.25) is 0 Å². The summed E-state index contributed by atoms with van der Waals surface area (Å²) in [5.74, 6) is 0.512. The number of nitrogens with zero attached hydrogens (tertiary/aromatic N) is 2. The third kappa shape index (κ3) is 2.17. The predicted octanol–water partition coefficient (Wildman–Crippen LogP) is 3.94. The number of benzene rings is 1. The van der Waals surface area contributed by atoms with Crippen LogP contribution < -0.4 is 0 Å². The number of halogens is 2. The zero-order chi connectivity index (χ0) is 13.6. The van der Waals surface area contributed by atoms with Crippen molar-refractivity contribution in [2.45, 2.75) is 19.8 Å². The third-order valence-electron chi connectivity index (χ3n) is 3.39. The van der Waals surface area contributed by atoms with Gasteiger partial charge in [0.05, 0.1) is 33.2 Å². The quantitative estimate of drug-likeness (QED) is 0.798. The van der Waals surface area contributed by atoms with E-state index in [9.17, 15) is 4.79 Å². The van der Waals surface area contributed by atoms with Gasteiger partial charge >= 0.3 is 0 Å². The van der Waals surface area contributed by atoms with Crippen LogP contribution >= 0.6 is 23.2 Å². The highest BCUT2D eigenvalue weighted by Crippen LogP contribution is 2.29. The number of ketones is 1. The highest BCUT2D eigenvalue weighted by molar-refractivity contribution is 6.42. The van der Waals surface area contributed by atoms with Crippen molar-refractivity contribution in [1.29, 1.82) is 0 Å². The van der Waals surface area contributed by atoms with Crippen molar-refractivity contribution in [3.05, 3.63) is 45.7 Å². The number of carbonyl (C=O) groups excluding carboxylic acids is 1. The first-order valence-corrected chi connectivity index (χ1v) is 6.87. The molecule has 3 rings (SSSR count). The van der Waals surface area contributed by atoms with Crippen molar-refractivity contribution in [1.82, 2.24) is 9.78 Å². The maximum Gasteiger partial charge on any atom is 0.166 e. The van der Waals surface area contributed by atoms with Crippen LogP contribution in [-0.4, -0.2) is 15.6 Å². The minimum atomic E-state index is 0.167. The van der Waals surface area contributed by atoms with Crippen LogP contribution in [0.3, 0.4) is 0 Å². The topological polar surface area (TPSA) is 34.9 Å². The molecule has 2 aromatic rings. The van der Waals surface area contributed by atoms with E-state index in [1.54, 1.807) is 23.0 Å². The Bertz CT molecular complexity index is 663. The van der Waals surface area contributed by atoms with Gasteiger partial charge in [-0.2, -0.15) is 5.10 Å². The SMILES string of the molecule is C[C@H]1CC(=O)c2cnn(-c3ccc(Cl)c(Cl)c3)c2C1. The fraction of sp³-hybridized carbons (Fsp3) is 0.286. The zero-order valence-corrected chi connectivity index (χ0v) is 11.9. The van der Waals surface area contributed by atoms with Crippen LogP contribution in [0.25, 0.3) is 5.69 Å². The molecule has 0 saturated heterocycles. The zero-order valence-electron chi connectivity index (χ0n) is 10.4. The first-order chi connectivity index (χ1) is 9.06. The molecule has 0 amide bonds. The number of rotatable bonds is 1. The first kappa shape index (κ1) is 12.7. The smallest absolute Gasteiger partial charge is 0.166 e. The minimum Gasteiger partial charge on any atom is -0.294 e. The second-order valence-electron chi connectivity index (χ2n) is 4.95. The van der Waals surface area contributed by atoms with Gasteiger partial charge in [0.1, 0.15) is 0 Å². The van der Waals surface area contributed by atoms with E-state index < -0.39 is 0 Å². The molecule has 98 valence electrons. The number of aromatic nitrogens is 2. The molecule has 1 aromatic heterocycles. The summed E-state index contributed by atoms with van der Waals surface area (Å²) in [7, 11) is 0. The lowest BCUT2D eigenvalue weighted by molar-refractivity contribution is 0.0953. The monoisotopic (exact) mass is 294 g/mol. The van der Waals surface area contributed by atoms with Gasteiger partial charge in [-0.1, -0.05) is 30.1 Å². The highest BCUT2D eigenvalue weighted by atomic mass is 35.5. The molecule has 0 fully saturated rings. The average Bonchev–Trinajstić information content (AvgIpc) is 2.76. The van der Waals surface area contributed by atoms with E-state index in [4.69, 9.17) is 23.2 Å². The molecule has 19 heavy (non-hydrogen) atoms. The van der Waals surface area contributed by atoms with E-state index in [0.29, 0.717) is 22.4 Å². The van der Waals surface area contributed by atoms with Gasteiger partial charge in [-0.25, -0.2) is 4.68 Å². The maximum atomic E-state index is 12.0. The lowest BCUT2D eigenvalue weighted by Crippen LogP contribution is -2.19. The van der Waals surface area contributed by atoms with Crippen LogP contribution in [0.1, 0.15) is 29.4 Å². The number of fused-ring (bicyclic) bond motifs is 1. The van der Waals surface area contributed by atoms with E-state index >= 15 is 0 Å². The summed E-state index contributed by atoms with van der Waals surface area (Å²) in [4.78, 5) is 12.0. The molecule has 0 saturated carbocycles. The van der Waals surface area contributed by atoms with Gasteiger partial charge < -0.3 is 0 Å². The molecule has 1 atom stereocenters. The second-order valence-corrected chi connectivity index (χ2v) is 5.77. The molecule has 5 heteroatoms. The van der Waals surface area contributed by atoms with Crippen molar-refractivity contribution in [3.8, 4) is 5.69 Å². The Morgan fingerprint density at radius 1 is 1.26 bits per heavy atom. The van der Waals surface area contributed by atoms with Gasteiger partial charge in [0, 0.05) is 6.42 Å². The van der Waals surface area contributed by atoms with Crippen molar-refractivity contribution in [2.75, 3.05) is 0 Å². The van der Waals surface area contributed by atoms with Gasteiger partial charge in [0.25, 0.3) is 0 Å². The summed E-state index contributed by atoms with van der Waals surface area (Å²) in [5, 5.41) is 5.31. The largest absolute Gasteiger partial charge is 0.294 e. The highest BCUT2D eigenvalue weighted by Gasteiger charge is 2.26. The molecule has 3 nitrogen and oxygen atoms in total. The number of Topliss-reactive ketones (excluding diaryl/α,β-unsaturated/α-hetero) is 1. The Morgan fingerprint density at radius 3 is 2.79 bits per heavy atom. The molecule has 0 spiro atoms. The third-order valence-corrected chi connectivity index (χ3v) is 4.13. The minimum absolute atomic E-state index is 0.167. The molecule has 1 aliphatic rings. The Kier molecular flexibility index (Phi) is 3.11. The fourth-order valence-corrected chi connectivity index (χ4v) is 2.76. The van der Waals surface area contributed by atoms with Gasteiger partial charge in [-0.15, -0.1) is 0 Å². The summed E-state index contributed by atoms with van der Waals surface area (Å²) in [6, 6.07) is 5.35. The van der Waals surface area contributed by atoms with Crippen molar-refractivity contribution in [2.24, 2.45) is 5.92 Å². The summed E-state index contributed by atoms with van der Waals surface area (Å²) in [6.07, 6.45) is 3.09. The summed E-state index contributed by atoms with van der Waals surface area (Å²) < 4.78 is 1.78. The number of carbonyl (C=O) groups is 1. The summed E-state index contributed by atoms with van der Waals surface area (Å²) >= 11 is 11.9. The molecule has 1 aliphatic carbocycles. The lowest BCUT2D eigenvalue weighted by Gasteiger charge is -2.18. The Hall–Kier alpha value is -1.32. The average molecular weight is 295 g/mol. The van der Waals surface area contributed by atoms with E-state index in [-0.39, 0.29) is 5.78 Å². The van der Waals surface area contributed by atoms with Gasteiger partial charge in [-0.3, -0.25) is 4.79 Å². The van der Waals surface area contributed by atoms with Crippen molar-refractivity contribution in [3.63, 3.8) is 0 Å². The van der Waals surface area contributed by atoms with Crippen LogP contribution in [0.15, 0.2) is 24.4 Å². The van der Waals surface area contributed by atoms with Crippen LogP contribution in [0.2, 0.25) is 10.0 Å². The summed E-state index contributed by atoms with van der Waals surface area (Å²) in [6.45, 7) is 2.08.